The molecule has 6 nitrogen and oxygen atoms in total. The van der Waals surface area contributed by atoms with Gasteiger partial charge in [0.25, 0.3) is 0 Å². The number of thiazole rings is 1. The molecular weight excluding hydrogens is 342 g/mol. The minimum absolute atomic E-state index is 0.000221. The normalized spacial score (nSPS) is 11.2. The fraction of sp³-hybridized carbons (Fsp3) is 0.0556. The van der Waals surface area contributed by atoms with Crippen molar-refractivity contribution in [3.8, 4) is 16.3 Å². The second kappa shape index (κ2) is 5.42. The maximum Gasteiger partial charge on any atom is 0.372 e. The standard InChI is InChI=1S/C18H11NO5S/c1-8-11(20)7-6-9-14(21)13(16(18(22)23)24-15(8)9)17-19-10-4-2-3-5-12(10)25-17/h2-7,20H,1H3,(H,22,23)/p-1. The van der Waals surface area contributed by atoms with E-state index in [1.165, 1.54) is 30.4 Å². The number of carbonyl (C=O) groups is 1. The zero-order valence-corrected chi connectivity index (χ0v) is 13.7. The molecule has 0 radical (unpaired) electrons. The van der Waals surface area contributed by atoms with E-state index in [0.717, 1.165) is 4.70 Å². The van der Waals surface area contributed by atoms with Gasteiger partial charge in [0.15, 0.2) is 0 Å². The van der Waals surface area contributed by atoms with E-state index in [0.29, 0.717) is 5.52 Å². The largest absolute Gasteiger partial charge is 0.872 e. The Labute approximate surface area is 144 Å². The van der Waals surface area contributed by atoms with Gasteiger partial charge < -0.3 is 14.6 Å². The SMILES string of the molecule is Cc1c([O-])ccc2c(=O)c(-c3nc4ccccc4s3)c(C(=O)O)oc12. The van der Waals surface area contributed by atoms with Crippen molar-refractivity contribution < 1.29 is 19.4 Å². The molecule has 2 aromatic carbocycles. The number of hydrogen-bond acceptors (Lipinski definition) is 6. The highest BCUT2D eigenvalue weighted by molar-refractivity contribution is 7.21. The zero-order valence-electron chi connectivity index (χ0n) is 12.9. The minimum Gasteiger partial charge on any atom is -0.872 e. The second-order valence-electron chi connectivity index (χ2n) is 5.49. The first-order valence-electron chi connectivity index (χ1n) is 7.34. The molecule has 7 heteroatoms. The highest BCUT2D eigenvalue weighted by Crippen LogP contribution is 2.33. The molecule has 25 heavy (non-hydrogen) atoms. The third kappa shape index (κ3) is 2.28. The van der Waals surface area contributed by atoms with Crippen molar-refractivity contribution in [1.29, 1.82) is 0 Å². The van der Waals surface area contributed by atoms with Gasteiger partial charge >= 0.3 is 5.97 Å². The molecule has 0 unspecified atom stereocenters. The van der Waals surface area contributed by atoms with Gasteiger partial charge in [-0.15, -0.1) is 17.1 Å². The van der Waals surface area contributed by atoms with Crippen LogP contribution in [0, 0.1) is 6.92 Å². The van der Waals surface area contributed by atoms with Gasteiger partial charge in [-0.2, -0.15) is 0 Å². The molecule has 0 aliphatic rings. The minimum atomic E-state index is -1.39. The quantitative estimate of drug-likeness (QED) is 0.594. The number of nitrogens with zero attached hydrogens (tertiary/aromatic N) is 1. The Morgan fingerprint density at radius 1 is 1.24 bits per heavy atom. The number of fused-ring (bicyclic) bond motifs is 2. The summed E-state index contributed by atoms with van der Waals surface area (Å²) >= 11 is 1.22. The maximum atomic E-state index is 12.9. The van der Waals surface area contributed by atoms with Crippen molar-refractivity contribution in [2.24, 2.45) is 0 Å². The molecule has 0 fully saturated rings. The third-order valence-electron chi connectivity index (χ3n) is 3.96. The van der Waals surface area contributed by atoms with Crippen molar-refractivity contribution >= 4 is 38.5 Å². The number of carboxylic acids is 1. The number of carboxylic acid groups (broad SMARTS) is 1. The zero-order chi connectivity index (χ0) is 17.7. The van der Waals surface area contributed by atoms with Crippen LogP contribution in [-0.2, 0) is 0 Å². The van der Waals surface area contributed by atoms with E-state index in [1.54, 1.807) is 6.07 Å². The van der Waals surface area contributed by atoms with Crippen LogP contribution < -0.4 is 10.5 Å². The Kier molecular flexibility index (Phi) is 3.33. The summed E-state index contributed by atoms with van der Waals surface area (Å²) in [6.07, 6.45) is 0. The Hall–Kier alpha value is -3.19. The second-order valence-corrected chi connectivity index (χ2v) is 6.52. The fourth-order valence-corrected chi connectivity index (χ4v) is 3.70. The maximum absolute atomic E-state index is 12.9. The van der Waals surface area contributed by atoms with Gasteiger partial charge in [-0.3, -0.25) is 4.79 Å². The fourth-order valence-electron chi connectivity index (χ4n) is 2.70. The lowest BCUT2D eigenvalue weighted by Crippen LogP contribution is -2.13. The van der Waals surface area contributed by atoms with Crippen LogP contribution in [0.4, 0.5) is 0 Å². The monoisotopic (exact) mass is 352 g/mol. The highest BCUT2D eigenvalue weighted by atomic mass is 32.1. The van der Waals surface area contributed by atoms with E-state index in [1.807, 2.05) is 18.2 Å². The van der Waals surface area contributed by atoms with Gasteiger partial charge in [0.1, 0.15) is 16.2 Å². The van der Waals surface area contributed by atoms with Crippen molar-refractivity contribution in [3.05, 3.63) is 57.9 Å². The molecule has 0 aliphatic heterocycles. The predicted octanol–water partition coefficient (Wildman–Crippen LogP) is 3.15. The third-order valence-corrected chi connectivity index (χ3v) is 5.01. The summed E-state index contributed by atoms with van der Waals surface area (Å²) in [6, 6.07) is 9.91. The average molecular weight is 352 g/mol. The highest BCUT2D eigenvalue weighted by Gasteiger charge is 2.24. The van der Waals surface area contributed by atoms with Crippen LogP contribution in [0.25, 0.3) is 31.8 Å². The molecule has 0 spiro atoms. The molecule has 2 aromatic heterocycles. The Balaban J connectivity index is 2.14. The number of aromatic nitrogens is 1. The smallest absolute Gasteiger partial charge is 0.372 e. The molecule has 0 aliphatic carbocycles. The van der Waals surface area contributed by atoms with E-state index in [4.69, 9.17) is 4.42 Å². The van der Waals surface area contributed by atoms with Crippen molar-refractivity contribution in [1.82, 2.24) is 4.98 Å². The van der Waals surface area contributed by atoms with E-state index in [9.17, 15) is 19.8 Å². The first-order valence-corrected chi connectivity index (χ1v) is 8.15. The lowest BCUT2D eigenvalue weighted by Gasteiger charge is -2.12. The van der Waals surface area contributed by atoms with Crippen molar-refractivity contribution in [2.75, 3.05) is 0 Å². The molecule has 124 valence electrons. The number of rotatable bonds is 2. The Morgan fingerprint density at radius 3 is 2.72 bits per heavy atom. The van der Waals surface area contributed by atoms with Gasteiger partial charge in [-0.25, -0.2) is 9.78 Å². The van der Waals surface area contributed by atoms with Gasteiger partial charge in [0.2, 0.25) is 11.2 Å². The summed E-state index contributed by atoms with van der Waals surface area (Å²) in [5, 5.41) is 21.7. The number of benzene rings is 2. The lowest BCUT2D eigenvalue weighted by molar-refractivity contribution is -0.269. The summed E-state index contributed by atoms with van der Waals surface area (Å²) in [5.74, 6) is -2.21. The molecule has 4 rings (SSSR count). The predicted molar refractivity (Wildman–Crippen MR) is 92.2 cm³/mol. The number of para-hydroxylation sites is 1. The Bertz CT molecular complexity index is 1190. The Morgan fingerprint density at radius 2 is 2.00 bits per heavy atom. The van der Waals surface area contributed by atoms with Crippen LogP contribution in [-0.4, -0.2) is 16.1 Å². The molecule has 4 aromatic rings. The van der Waals surface area contributed by atoms with Crippen LogP contribution in [0.1, 0.15) is 16.1 Å². The average Bonchev–Trinajstić information content (AvgIpc) is 3.01. The number of aryl methyl sites for hydroxylation is 1. The first-order chi connectivity index (χ1) is 12.0. The van der Waals surface area contributed by atoms with Crippen LogP contribution in [0.3, 0.4) is 0 Å². The summed E-state index contributed by atoms with van der Waals surface area (Å²) in [6.45, 7) is 1.50. The van der Waals surface area contributed by atoms with Crippen LogP contribution in [0.15, 0.2) is 45.6 Å². The van der Waals surface area contributed by atoms with Gasteiger partial charge in [0.05, 0.1) is 15.6 Å². The van der Waals surface area contributed by atoms with Crippen LogP contribution >= 0.6 is 11.3 Å². The van der Waals surface area contributed by atoms with Crippen molar-refractivity contribution in [2.45, 2.75) is 6.92 Å². The van der Waals surface area contributed by atoms with E-state index in [-0.39, 0.29) is 32.9 Å². The van der Waals surface area contributed by atoms with Gasteiger partial charge in [0, 0.05) is 0 Å². The number of aromatic carboxylic acids is 1. The number of hydrogen-bond donors (Lipinski definition) is 1. The summed E-state index contributed by atoms with van der Waals surface area (Å²) in [5.41, 5.74) is 0.261. The van der Waals surface area contributed by atoms with Crippen molar-refractivity contribution in [3.63, 3.8) is 0 Å². The molecule has 0 saturated heterocycles. The molecule has 2 heterocycles. The molecule has 0 amide bonds. The van der Waals surface area contributed by atoms with Crippen LogP contribution in [0.2, 0.25) is 0 Å². The summed E-state index contributed by atoms with van der Waals surface area (Å²) < 4.78 is 6.30. The van der Waals surface area contributed by atoms with Gasteiger partial charge in [-0.1, -0.05) is 18.2 Å². The molecule has 0 saturated carbocycles. The van der Waals surface area contributed by atoms with Gasteiger partial charge in [-0.05, 0) is 30.7 Å². The first kappa shape index (κ1) is 15.3. The molecule has 0 atom stereocenters. The van der Waals surface area contributed by atoms with Crippen LogP contribution in [0.5, 0.6) is 5.75 Å². The summed E-state index contributed by atoms with van der Waals surface area (Å²) in [7, 11) is 0. The molecule has 0 bridgehead atoms. The summed E-state index contributed by atoms with van der Waals surface area (Å²) in [4.78, 5) is 29.0. The molecule has 1 N–H and O–H groups in total. The topological polar surface area (TPSA) is 103 Å². The lowest BCUT2D eigenvalue weighted by atomic mass is 10.1. The van der Waals surface area contributed by atoms with E-state index < -0.39 is 17.2 Å². The van der Waals surface area contributed by atoms with E-state index >= 15 is 0 Å². The van der Waals surface area contributed by atoms with E-state index in [2.05, 4.69) is 4.98 Å². The molecular formula is C18H10NO5S-.